The number of carbonyl (C=O) groups excluding carboxylic acids is 1. The van der Waals surface area contributed by atoms with Gasteiger partial charge in [-0.1, -0.05) is 19.1 Å². The van der Waals surface area contributed by atoms with Gasteiger partial charge in [-0.05, 0) is 13.3 Å². The molecule has 0 aromatic carbocycles. The Labute approximate surface area is 99.5 Å². The lowest BCUT2D eigenvalue weighted by atomic mass is 9.86. The lowest BCUT2D eigenvalue weighted by Gasteiger charge is -2.24. The molecule has 1 unspecified atom stereocenters. The lowest BCUT2D eigenvalue weighted by molar-refractivity contribution is -0.121. The Balaban J connectivity index is 2.83. The minimum absolute atomic E-state index is 0.177. The van der Waals surface area contributed by atoms with E-state index in [1.165, 1.54) is 18.6 Å². The fraction of sp³-hybridized carbons (Fsp3) is 0.400. The predicted molar refractivity (Wildman–Crippen MR) is 65.8 cm³/mol. The van der Waals surface area contributed by atoms with Gasteiger partial charge in [-0.25, -0.2) is 4.98 Å². The first kappa shape index (κ1) is 12.5. The zero-order chi connectivity index (χ0) is 12.2. The second kappa shape index (κ2) is 4.98. The number of thiocarbonyl (C=S) groups is 1. The molecule has 0 fully saturated rings. The van der Waals surface area contributed by atoms with E-state index in [-0.39, 0.29) is 10.9 Å². The molecule has 0 spiro atoms. The van der Waals surface area contributed by atoms with Crippen molar-refractivity contribution in [1.82, 2.24) is 9.97 Å². The van der Waals surface area contributed by atoms with E-state index >= 15 is 0 Å². The van der Waals surface area contributed by atoms with Gasteiger partial charge < -0.3 is 11.1 Å². The maximum atomic E-state index is 12.0. The number of carbonyl (C=O) groups is 1. The van der Waals surface area contributed by atoms with Crippen molar-refractivity contribution in [2.75, 3.05) is 5.32 Å². The third-order valence-electron chi connectivity index (χ3n) is 2.56. The Kier molecular flexibility index (Phi) is 3.89. The van der Waals surface area contributed by atoms with Crippen molar-refractivity contribution in [1.29, 1.82) is 0 Å². The average molecular weight is 238 g/mol. The highest BCUT2D eigenvalue weighted by molar-refractivity contribution is 7.80. The van der Waals surface area contributed by atoms with Gasteiger partial charge in [0.15, 0.2) is 5.82 Å². The molecular formula is C10H14N4OS. The highest BCUT2D eigenvalue weighted by atomic mass is 32.1. The van der Waals surface area contributed by atoms with Gasteiger partial charge in [0, 0.05) is 12.4 Å². The van der Waals surface area contributed by atoms with Crippen LogP contribution in [0, 0.1) is 5.41 Å². The molecule has 5 nitrogen and oxygen atoms in total. The predicted octanol–water partition coefficient (Wildman–Crippen LogP) is 1.12. The lowest BCUT2D eigenvalue weighted by Crippen LogP contribution is -2.43. The van der Waals surface area contributed by atoms with E-state index in [1.54, 1.807) is 6.92 Å². The minimum Gasteiger partial charge on any atom is -0.392 e. The maximum absolute atomic E-state index is 12.0. The molecule has 0 saturated heterocycles. The highest BCUT2D eigenvalue weighted by Gasteiger charge is 2.34. The molecule has 6 heteroatoms. The first-order valence-electron chi connectivity index (χ1n) is 4.88. The third kappa shape index (κ3) is 2.52. The summed E-state index contributed by atoms with van der Waals surface area (Å²) in [6, 6.07) is 0. The summed E-state index contributed by atoms with van der Waals surface area (Å²) in [5.41, 5.74) is 4.72. The Morgan fingerprint density at radius 1 is 1.62 bits per heavy atom. The minimum atomic E-state index is -0.854. The Hall–Kier alpha value is -1.56. The number of hydrogen-bond donors (Lipinski definition) is 2. The van der Waals surface area contributed by atoms with Crippen molar-refractivity contribution in [3.63, 3.8) is 0 Å². The summed E-state index contributed by atoms with van der Waals surface area (Å²) in [7, 11) is 0. The number of anilines is 1. The summed E-state index contributed by atoms with van der Waals surface area (Å²) in [5.74, 6) is 0.131. The van der Waals surface area contributed by atoms with Gasteiger partial charge in [-0.15, -0.1) is 0 Å². The first-order valence-corrected chi connectivity index (χ1v) is 5.29. The Bertz CT molecular complexity index is 395. The van der Waals surface area contributed by atoms with Crippen LogP contribution >= 0.6 is 12.2 Å². The smallest absolute Gasteiger partial charge is 0.238 e. The molecule has 0 saturated carbocycles. The molecule has 1 aromatic heterocycles. The number of nitrogens with zero attached hydrogens (tertiary/aromatic N) is 2. The number of rotatable bonds is 4. The van der Waals surface area contributed by atoms with Gasteiger partial charge in [0.2, 0.25) is 5.91 Å². The van der Waals surface area contributed by atoms with E-state index in [9.17, 15) is 4.79 Å². The van der Waals surface area contributed by atoms with E-state index < -0.39 is 5.41 Å². The first-order chi connectivity index (χ1) is 7.50. The van der Waals surface area contributed by atoms with E-state index in [1.807, 2.05) is 6.92 Å². The van der Waals surface area contributed by atoms with Crippen molar-refractivity contribution in [2.24, 2.45) is 11.1 Å². The van der Waals surface area contributed by atoms with Gasteiger partial charge >= 0.3 is 0 Å². The second-order valence-electron chi connectivity index (χ2n) is 3.59. The van der Waals surface area contributed by atoms with Crippen molar-refractivity contribution in [3.05, 3.63) is 18.6 Å². The Morgan fingerprint density at radius 3 is 2.75 bits per heavy atom. The van der Waals surface area contributed by atoms with Gasteiger partial charge in [-0.3, -0.25) is 9.78 Å². The van der Waals surface area contributed by atoms with Crippen LogP contribution in [-0.4, -0.2) is 20.9 Å². The number of amides is 1. The molecule has 1 heterocycles. The van der Waals surface area contributed by atoms with Gasteiger partial charge in [0.05, 0.1) is 16.6 Å². The van der Waals surface area contributed by atoms with Crippen molar-refractivity contribution in [2.45, 2.75) is 20.3 Å². The number of nitrogens with one attached hydrogen (secondary N) is 1. The van der Waals surface area contributed by atoms with Crippen LogP contribution < -0.4 is 11.1 Å². The molecule has 0 aliphatic heterocycles. The molecule has 1 rings (SSSR count). The largest absolute Gasteiger partial charge is 0.392 e. The van der Waals surface area contributed by atoms with E-state index in [0.717, 1.165) is 0 Å². The van der Waals surface area contributed by atoms with Crippen molar-refractivity contribution < 1.29 is 4.79 Å². The molecule has 0 bridgehead atoms. The monoisotopic (exact) mass is 238 g/mol. The number of aromatic nitrogens is 2. The van der Waals surface area contributed by atoms with E-state index in [2.05, 4.69) is 15.3 Å². The second-order valence-corrected chi connectivity index (χ2v) is 4.03. The summed E-state index contributed by atoms with van der Waals surface area (Å²) in [5, 5.41) is 2.63. The zero-order valence-corrected chi connectivity index (χ0v) is 10.0. The molecule has 16 heavy (non-hydrogen) atoms. The van der Waals surface area contributed by atoms with Crippen LogP contribution in [0.1, 0.15) is 20.3 Å². The van der Waals surface area contributed by atoms with Gasteiger partial charge in [0.25, 0.3) is 0 Å². The van der Waals surface area contributed by atoms with Crippen LogP contribution in [0.25, 0.3) is 0 Å². The van der Waals surface area contributed by atoms with Crippen LogP contribution in [0.4, 0.5) is 5.82 Å². The van der Waals surface area contributed by atoms with E-state index in [4.69, 9.17) is 18.0 Å². The molecule has 1 atom stereocenters. The van der Waals surface area contributed by atoms with Crippen molar-refractivity contribution >= 4 is 28.9 Å². The summed E-state index contributed by atoms with van der Waals surface area (Å²) >= 11 is 4.90. The summed E-state index contributed by atoms with van der Waals surface area (Å²) in [4.78, 5) is 19.9. The average Bonchev–Trinajstić information content (AvgIpc) is 2.28. The molecule has 3 N–H and O–H groups in total. The van der Waals surface area contributed by atoms with Crippen LogP contribution in [0.3, 0.4) is 0 Å². The fourth-order valence-electron chi connectivity index (χ4n) is 1.06. The number of nitrogens with two attached hydrogens (primary N) is 1. The van der Waals surface area contributed by atoms with E-state index in [0.29, 0.717) is 12.2 Å². The van der Waals surface area contributed by atoms with Gasteiger partial charge in [0.1, 0.15) is 0 Å². The van der Waals surface area contributed by atoms with Crippen LogP contribution in [0.2, 0.25) is 0 Å². The van der Waals surface area contributed by atoms with Crippen LogP contribution in [-0.2, 0) is 4.79 Å². The standard InChI is InChI=1S/C10H14N4OS/c1-3-10(2,8(11)16)9(15)14-7-6-12-4-5-13-7/h4-6H,3H2,1-2H3,(H2,11,16)(H,13,14,15). The molecule has 86 valence electrons. The molecule has 0 radical (unpaired) electrons. The summed E-state index contributed by atoms with van der Waals surface area (Å²) in [6.45, 7) is 3.57. The quantitative estimate of drug-likeness (QED) is 0.768. The maximum Gasteiger partial charge on any atom is 0.238 e. The SMILES string of the molecule is CCC(C)(C(=O)Nc1cnccn1)C(N)=S. The number of hydrogen-bond acceptors (Lipinski definition) is 4. The molecule has 0 aliphatic rings. The molecule has 1 aromatic rings. The third-order valence-corrected chi connectivity index (χ3v) is 3.01. The van der Waals surface area contributed by atoms with Gasteiger partial charge in [-0.2, -0.15) is 0 Å². The topological polar surface area (TPSA) is 80.9 Å². The summed E-state index contributed by atoms with van der Waals surface area (Å²) in [6.07, 6.45) is 5.03. The Morgan fingerprint density at radius 2 is 2.31 bits per heavy atom. The highest BCUT2D eigenvalue weighted by Crippen LogP contribution is 2.23. The fourth-order valence-corrected chi connectivity index (χ4v) is 1.30. The van der Waals surface area contributed by atoms with Crippen LogP contribution in [0.5, 0.6) is 0 Å². The molecule has 0 aliphatic carbocycles. The van der Waals surface area contributed by atoms with Crippen LogP contribution in [0.15, 0.2) is 18.6 Å². The zero-order valence-electron chi connectivity index (χ0n) is 9.23. The molecular weight excluding hydrogens is 224 g/mol. The summed E-state index contributed by atoms with van der Waals surface area (Å²) < 4.78 is 0. The molecule has 1 amide bonds. The normalized spacial score (nSPS) is 13.9. The van der Waals surface area contributed by atoms with Crippen molar-refractivity contribution in [3.8, 4) is 0 Å².